The number of carbonyl (C=O) groups excluding carboxylic acids is 2. The average molecular weight is 445 g/mol. The number of anilines is 2. The van der Waals surface area contributed by atoms with Crippen LogP contribution in [0.4, 0.5) is 11.4 Å². The molecule has 4 rings (SSSR count). The molecule has 0 saturated carbocycles. The first-order valence-corrected chi connectivity index (χ1v) is 10.3. The zero-order chi connectivity index (χ0) is 23.7. The Hall–Kier alpha value is -4.40. The van der Waals surface area contributed by atoms with Gasteiger partial charge in [0.2, 0.25) is 11.8 Å². The maximum Gasteiger partial charge on any atom is 0.331 e. The third-order valence-corrected chi connectivity index (χ3v) is 5.33. The number of aryl methyl sites for hydroxylation is 1. The van der Waals surface area contributed by atoms with Gasteiger partial charge in [0, 0.05) is 44.2 Å². The molecular weight excluding hydrogens is 422 g/mol. The van der Waals surface area contributed by atoms with Crippen LogP contribution in [-0.2, 0) is 30.2 Å². The van der Waals surface area contributed by atoms with Crippen LogP contribution in [0.15, 0.2) is 70.4 Å². The molecule has 0 aliphatic heterocycles. The molecule has 0 spiro atoms. The number of amides is 2. The largest absolute Gasteiger partial charge is 0.344 e. The second-order valence-corrected chi connectivity index (χ2v) is 7.76. The van der Waals surface area contributed by atoms with Gasteiger partial charge in [0.05, 0.1) is 5.52 Å². The van der Waals surface area contributed by atoms with E-state index >= 15 is 0 Å². The summed E-state index contributed by atoms with van der Waals surface area (Å²) < 4.78 is 4.00. The predicted molar refractivity (Wildman–Crippen MR) is 127 cm³/mol. The first-order chi connectivity index (χ1) is 15.8. The number of rotatable bonds is 5. The standard InChI is InChI=1S/C24H23N5O4/c1-15(30)25-17-9-11-18(12-10-17)26-20(31)14-29-21-19(16-7-5-4-6-8-16)13-27(2)22(21)23(32)28(3)24(29)33/h4-13H,14H2,1-3H3,(H,25,30)(H,26,31). The van der Waals surface area contributed by atoms with Gasteiger partial charge in [0.1, 0.15) is 12.1 Å². The van der Waals surface area contributed by atoms with Gasteiger partial charge < -0.3 is 15.2 Å². The first kappa shape index (κ1) is 21.8. The maximum atomic E-state index is 13.0. The summed E-state index contributed by atoms with van der Waals surface area (Å²) in [6.45, 7) is 1.13. The van der Waals surface area contributed by atoms with Crippen molar-refractivity contribution in [1.29, 1.82) is 0 Å². The van der Waals surface area contributed by atoms with Crippen LogP contribution < -0.4 is 21.9 Å². The van der Waals surface area contributed by atoms with Crippen molar-refractivity contribution in [2.45, 2.75) is 13.5 Å². The third kappa shape index (κ3) is 4.20. The Morgan fingerprint density at radius 1 is 0.848 bits per heavy atom. The molecule has 0 aliphatic carbocycles. The van der Waals surface area contributed by atoms with E-state index in [-0.39, 0.29) is 12.5 Å². The summed E-state index contributed by atoms with van der Waals surface area (Å²) >= 11 is 0. The fourth-order valence-electron chi connectivity index (χ4n) is 3.82. The van der Waals surface area contributed by atoms with E-state index in [2.05, 4.69) is 10.6 Å². The number of carbonyl (C=O) groups is 2. The summed E-state index contributed by atoms with van der Waals surface area (Å²) in [5.41, 5.74) is 2.38. The van der Waals surface area contributed by atoms with Crippen molar-refractivity contribution < 1.29 is 9.59 Å². The molecule has 9 heteroatoms. The van der Waals surface area contributed by atoms with E-state index in [0.29, 0.717) is 28.0 Å². The highest BCUT2D eigenvalue weighted by Crippen LogP contribution is 2.28. The van der Waals surface area contributed by atoms with E-state index in [1.54, 1.807) is 42.1 Å². The molecule has 0 radical (unpaired) electrons. The number of hydrogen-bond donors (Lipinski definition) is 2. The SMILES string of the molecule is CC(=O)Nc1ccc(NC(=O)Cn2c(=O)n(C)c(=O)c3c2c(-c2ccccc2)cn3C)cc1. The monoisotopic (exact) mass is 445 g/mol. The Morgan fingerprint density at radius 3 is 2.06 bits per heavy atom. The molecule has 9 nitrogen and oxygen atoms in total. The van der Waals surface area contributed by atoms with Gasteiger partial charge in [-0.2, -0.15) is 0 Å². The molecule has 2 N–H and O–H groups in total. The fourth-order valence-corrected chi connectivity index (χ4v) is 3.82. The molecule has 4 aromatic rings. The topological polar surface area (TPSA) is 107 Å². The van der Waals surface area contributed by atoms with Crippen molar-refractivity contribution in [3.05, 3.63) is 81.6 Å². The maximum absolute atomic E-state index is 13.0. The Kier molecular flexibility index (Phi) is 5.70. The summed E-state index contributed by atoms with van der Waals surface area (Å²) in [7, 11) is 3.14. The highest BCUT2D eigenvalue weighted by Gasteiger charge is 2.20. The number of benzene rings is 2. The van der Waals surface area contributed by atoms with Gasteiger partial charge in [0.25, 0.3) is 5.56 Å². The lowest BCUT2D eigenvalue weighted by atomic mass is 10.1. The Morgan fingerprint density at radius 2 is 1.45 bits per heavy atom. The van der Waals surface area contributed by atoms with Gasteiger partial charge in [-0.1, -0.05) is 30.3 Å². The number of hydrogen-bond acceptors (Lipinski definition) is 4. The van der Waals surface area contributed by atoms with Crippen molar-refractivity contribution in [3.8, 4) is 11.1 Å². The lowest BCUT2D eigenvalue weighted by molar-refractivity contribution is -0.117. The number of aromatic nitrogens is 3. The molecule has 0 fully saturated rings. The fraction of sp³-hybridized carbons (Fsp3) is 0.167. The Labute approximate surface area is 188 Å². The first-order valence-electron chi connectivity index (χ1n) is 10.3. The van der Waals surface area contributed by atoms with Crippen molar-refractivity contribution in [2.75, 3.05) is 10.6 Å². The minimum absolute atomic E-state index is 0.193. The molecule has 2 heterocycles. The number of nitrogens with zero attached hydrogens (tertiary/aromatic N) is 3. The van der Waals surface area contributed by atoms with Crippen LogP contribution in [0.1, 0.15) is 6.92 Å². The van der Waals surface area contributed by atoms with Crippen molar-refractivity contribution in [3.63, 3.8) is 0 Å². The van der Waals surface area contributed by atoms with Gasteiger partial charge in [-0.15, -0.1) is 0 Å². The molecule has 0 unspecified atom stereocenters. The van der Waals surface area contributed by atoms with E-state index in [4.69, 9.17) is 0 Å². The highest BCUT2D eigenvalue weighted by atomic mass is 16.2. The minimum Gasteiger partial charge on any atom is -0.344 e. The lowest BCUT2D eigenvalue weighted by Gasteiger charge is -2.12. The average Bonchev–Trinajstić information content (AvgIpc) is 3.14. The van der Waals surface area contributed by atoms with Crippen LogP contribution in [-0.4, -0.2) is 25.5 Å². The van der Waals surface area contributed by atoms with E-state index in [9.17, 15) is 19.2 Å². The quantitative estimate of drug-likeness (QED) is 0.492. The van der Waals surface area contributed by atoms with Gasteiger partial charge >= 0.3 is 5.69 Å². The second kappa shape index (κ2) is 8.62. The summed E-state index contributed by atoms with van der Waals surface area (Å²) in [6.07, 6.45) is 1.79. The molecule has 0 atom stereocenters. The smallest absolute Gasteiger partial charge is 0.331 e. The van der Waals surface area contributed by atoms with Crippen LogP contribution in [0, 0.1) is 0 Å². The van der Waals surface area contributed by atoms with Crippen LogP contribution in [0.2, 0.25) is 0 Å². The Balaban J connectivity index is 1.74. The second-order valence-electron chi connectivity index (χ2n) is 7.76. The van der Waals surface area contributed by atoms with Gasteiger partial charge in [-0.25, -0.2) is 4.79 Å². The van der Waals surface area contributed by atoms with Crippen molar-refractivity contribution in [2.24, 2.45) is 14.1 Å². The summed E-state index contributed by atoms with van der Waals surface area (Å²) in [4.78, 5) is 49.9. The molecule has 168 valence electrons. The Bertz CT molecular complexity index is 1480. The molecule has 0 bridgehead atoms. The van der Waals surface area contributed by atoms with Crippen LogP contribution >= 0.6 is 0 Å². The molecule has 0 saturated heterocycles. The zero-order valence-corrected chi connectivity index (χ0v) is 18.5. The van der Waals surface area contributed by atoms with E-state index in [1.165, 1.54) is 18.5 Å². The van der Waals surface area contributed by atoms with Crippen LogP contribution in [0.25, 0.3) is 22.2 Å². The molecular formula is C24H23N5O4. The number of fused-ring (bicyclic) bond motifs is 1. The summed E-state index contributed by atoms with van der Waals surface area (Å²) in [6, 6.07) is 16.0. The molecule has 33 heavy (non-hydrogen) atoms. The zero-order valence-electron chi connectivity index (χ0n) is 18.5. The lowest BCUT2D eigenvalue weighted by Crippen LogP contribution is -2.40. The van der Waals surface area contributed by atoms with Crippen LogP contribution in [0.5, 0.6) is 0 Å². The van der Waals surface area contributed by atoms with Gasteiger partial charge in [-0.3, -0.25) is 23.5 Å². The van der Waals surface area contributed by atoms with Crippen molar-refractivity contribution >= 4 is 34.2 Å². The number of nitrogens with one attached hydrogen (secondary N) is 2. The highest BCUT2D eigenvalue weighted by molar-refractivity contribution is 5.96. The van der Waals surface area contributed by atoms with Gasteiger partial charge in [0.15, 0.2) is 0 Å². The molecule has 2 aromatic heterocycles. The normalized spacial score (nSPS) is 10.9. The van der Waals surface area contributed by atoms with Crippen LogP contribution in [0.3, 0.4) is 0 Å². The minimum atomic E-state index is -0.577. The molecule has 2 aromatic carbocycles. The van der Waals surface area contributed by atoms with E-state index in [1.807, 2.05) is 30.3 Å². The van der Waals surface area contributed by atoms with E-state index < -0.39 is 17.2 Å². The molecule has 0 aliphatic rings. The van der Waals surface area contributed by atoms with Crippen molar-refractivity contribution in [1.82, 2.24) is 13.7 Å². The third-order valence-electron chi connectivity index (χ3n) is 5.33. The summed E-state index contributed by atoms with van der Waals surface area (Å²) in [5, 5.41) is 5.41. The predicted octanol–water partition coefficient (Wildman–Crippen LogP) is 2.30. The van der Waals surface area contributed by atoms with Gasteiger partial charge in [-0.05, 0) is 29.8 Å². The summed E-state index contributed by atoms with van der Waals surface area (Å²) in [5.74, 6) is -0.617. The van der Waals surface area contributed by atoms with E-state index in [0.717, 1.165) is 10.1 Å². The molecule has 2 amide bonds.